The van der Waals surface area contributed by atoms with Crippen molar-refractivity contribution >= 4 is 17.4 Å². The van der Waals surface area contributed by atoms with Gasteiger partial charge in [0.2, 0.25) is 0 Å². The first-order chi connectivity index (χ1) is 14.1. The minimum absolute atomic E-state index is 0.0536. The van der Waals surface area contributed by atoms with E-state index in [1.165, 1.54) is 11.2 Å². The second-order valence-corrected chi connectivity index (χ2v) is 6.65. The molecule has 6 nitrogen and oxygen atoms in total. The van der Waals surface area contributed by atoms with Crippen LogP contribution in [0.2, 0.25) is 0 Å². The van der Waals surface area contributed by atoms with Crippen molar-refractivity contribution < 1.29 is 23.8 Å². The van der Waals surface area contributed by atoms with Gasteiger partial charge in [-0.05, 0) is 29.8 Å². The molecule has 1 amide bonds. The first-order valence-corrected chi connectivity index (χ1v) is 9.10. The van der Waals surface area contributed by atoms with Gasteiger partial charge < -0.3 is 19.2 Å². The van der Waals surface area contributed by atoms with Gasteiger partial charge in [-0.15, -0.1) is 0 Å². The molecule has 2 heterocycles. The lowest BCUT2D eigenvalue weighted by molar-refractivity contribution is -0.140. The summed E-state index contributed by atoms with van der Waals surface area (Å²) in [4.78, 5) is 27.2. The number of likely N-dealkylation sites (tertiary alicyclic amines) is 1. The van der Waals surface area contributed by atoms with Crippen molar-refractivity contribution in [1.82, 2.24) is 4.90 Å². The Hall–Kier alpha value is -3.80. The van der Waals surface area contributed by atoms with E-state index in [0.29, 0.717) is 22.6 Å². The number of carbonyl (C=O) groups excluding carboxylic acids is 2. The van der Waals surface area contributed by atoms with E-state index in [4.69, 9.17) is 9.15 Å². The van der Waals surface area contributed by atoms with Crippen molar-refractivity contribution in [3.8, 4) is 5.75 Å². The molecule has 1 aliphatic rings. The molecule has 0 bridgehead atoms. The molecule has 1 unspecified atom stereocenters. The van der Waals surface area contributed by atoms with Crippen LogP contribution >= 0.6 is 0 Å². The normalized spacial score (nSPS) is 18.2. The summed E-state index contributed by atoms with van der Waals surface area (Å²) in [5, 5.41) is 10.9. The van der Waals surface area contributed by atoms with Crippen molar-refractivity contribution in [3.63, 3.8) is 0 Å². The quantitative estimate of drug-likeness (QED) is 0.407. The summed E-state index contributed by atoms with van der Waals surface area (Å²) in [7, 11) is 1.56. The fourth-order valence-electron chi connectivity index (χ4n) is 3.50. The molecule has 29 heavy (non-hydrogen) atoms. The third-order valence-corrected chi connectivity index (χ3v) is 4.93. The summed E-state index contributed by atoms with van der Waals surface area (Å²) in [5.74, 6) is -0.407. The van der Waals surface area contributed by atoms with Gasteiger partial charge in [0.1, 0.15) is 17.3 Å². The molecule has 0 spiro atoms. The summed E-state index contributed by atoms with van der Waals surface area (Å²) in [6.07, 6.45) is 1.51. The lowest BCUT2D eigenvalue weighted by Gasteiger charge is -2.24. The average Bonchev–Trinajstić information content (AvgIpc) is 3.36. The van der Waals surface area contributed by atoms with Gasteiger partial charge in [-0.25, -0.2) is 0 Å². The van der Waals surface area contributed by atoms with Crippen molar-refractivity contribution in [1.29, 1.82) is 0 Å². The molecule has 3 aromatic rings. The highest BCUT2D eigenvalue weighted by atomic mass is 16.5. The van der Waals surface area contributed by atoms with E-state index in [0.717, 1.165) is 0 Å². The monoisotopic (exact) mass is 389 g/mol. The van der Waals surface area contributed by atoms with Crippen LogP contribution in [-0.4, -0.2) is 28.8 Å². The van der Waals surface area contributed by atoms with Crippen LogP contribution in [0, 0.1) is 0 Å². The number of ether oxygens (including phenoxy) is 1. The highest BCUT2D eigenvalue weighted by Crippen LogP contribution is 2.40. The smallest absolute Gasteiger partial charge is 0.296 e. The third kappa shape index (κ3) is 3.40. The molecule has 1 fully saturated rings. The largest absolute Gasteiger partial charge is 0.507 e. The Morgan fingerprint density at radius 1 is 1.03 bits per heavy atom. The molecule has 1 atom stereocenters. The summed E-state index contributed by atoms with van der Waals surface area (Å²) in [6, 6.07) is 18.5. The number of benzene rings is 2. The number of methoxy groups -OCH3 is 1. The molecule has 146 valence electrons. The highest BCUT2D eigenvalue weighted by Gasteiger charge is 2.46. The van der Waals surface area contributed by atoms with Crippen molar-refractivity contribution in [2.45, 2.75) is 12.6 Å². The third-order valence-electron chi connectivity index (χ3n) is 4.93. The highest BCUT2D eigenvalue weighted by molar-refractivity contribution is 6.46. The van der Waals surface area contributed by atoms with E-state index in [9.17, 15) is 14.7 Å². The van der Waals surface area contributed by atoms with Gasteiger partial charge in [-0.3, -0.25) is 9.59 Å². The van der Waals surface area contributed by atoms with Crippen LogP contribution in [0.25, 0.3) is 5.76 Å². The maximum absolute atomic E-state index is 12.9. The number of furan rings is 1. The van der Waals surface area contributed by atoms with Crippen LogP contribution in [0.4, 0.5) is 0 Å². The number of nitrogens with zero attached hydrogens (tertiary/aromatic N) is 1. The Labute approximate surface area is 167 Å². The van der Waals surface area contributed by atoms with Crippen molar-refractivity contribution in [2.24, 2.45) is 0 Å². The van der Waals surface area contributed by atoms with Crippen LogP contribution in [0.1, 0.15) is 22.9 Å². The number of hydrogen-bond acceptors (Lipinski definition) is 5. The van der Waals surface area contributed by atoms with E-state index in [2.05, 4.69) is 0 Å². The van der Waals surface area contributed by atoms with Crippen molar-refractivity contribution in [3.05, 3.63) is 95.5 Å². The van der Waals surface area contributed by atoms with Crippen LogP contribution in [0.5, 0.6) is 5.75 Å². The summed E-state index contributed by atoms with van der Waals surface area (Å²) in [6.45, 7) is 0.111. The Kier molecular flexibility index (Phi) is 4.91. The molecule has 0 saturated carbocycles. The first kappa shape index (κ1) is 18.6. The number of aliphatic hydroxyl groups is 1. The van der Waals surface area contributed by atoms with E-state index in [1.54, 1.807) is 67.8 Å². The number of hydrogen-bond donors (Lipinski definition) is 1. The number of aliphatic hydroxyl groups excluding tert-OH is 1. The van der Waals surface area contributed by atoms with Gasteiger partial charge in [0.05, 0.1) is 31.5 Å². The van der Waals surface area contributed by atoms with Crippen LogP contribution in [0.15, 0.2) is 83.0 Å². The lowest BCUT2D eigenvalue weighted by Crippen LogP contribution is -2.29. The molecule has 1 aliphatic heterocycles. The second kappa shape index (κ2) is 7.67. The summed E-state index contributed by atoms with van der Waals surface area (Å²) < 4.78 is 10.6. The minimum atomic E-state index is -0.744. The van der Waals surface area contributed by atoms with Crippen molar-refractivity contribution in [2.75, 3.05) is 7.11 Å². The summed E-state index contributed by atoms with van der Waals surface area (Å²) >= 11 is 0. The zero-order chi connectivity index (χ0) is 20.4. The molecule has 1 aromatic heterocycles. The van der Waals surface area contributed by atoms with E-state index in [-0.39, 0.29) is 17.9 Å². The second-order valence-electron chi connectivity index (χ2n) is 6.65. The fourth-order valence-corrected chi connectivity index (χ4v) is 3.50. The van der Waals surface area contributed by atoms with Gasteiger partial charge in [-0.2, -0.15) is 0 Å². The van der Waals surface area contributed by atoms with Gasteiger partial charge in [0.25, 0.3) is 11.7 Å². The molecular weight excluding hydrogens is 370 g/mol. The van der Waals surface area contributed by atoms with Crippen LogP contribution < -0.4 is 4.74 Å². The van der Waals surface area contributed by atoms with Gasteiger partial charge in [-0.1, -0.05) is 42.5 Å². The number of amides is 1. The molecule has 2 aromatic carbocycles. The average molecular weight is 389 g/mol. The minimum Gasteiger partial charge on any atom is -0.507 e. The van der Waals surface area contributed by atoms with Gasteiger partial charge >= 0.3 is 0 Å². The number of carbonyl (C=O) groups is 2. The molecule has 4 rings (SSSR count). The topological polar surface area (TPSA) is 80.0 Å². The van der Waals surface area contributed by atoms with Crippen LogP contribution in [0.3, 0.4) is 0 Å². The molecule has 1 saturated heterocycles. The zero-order valence-electron chi connectivity index (χ0n) is 15.7. The summed E-state index contributed by atoms with van der Waals surface area (Å²) in [5.41, 5.74) is 1.22. The Morgan fingerprint density at radius 2 is 1.76 bits per heavy atom. The maximum Gasteiger partial charge on any atom is 0.296 e. The predicted octanol–water partition coefficient (Wildman–Crippen LogP) is 3.91. The molecule has 0 radical (unpaired) electrons. The number of Topliss-reactive ketones (excluding diaryl/α,β-unsaturated/α-hetero) is 1. The molecular formula is C23H19NO5. The van der Waals surface area contributed by atoms with Crippen LogP contribution in [-0.2, 0) is 16.1 Å². The Balaban J connectivity index is 1.85. The van der Waals surface area contributed by atoms with E-state index < -0.39 is 17.7 Å². The van der Waals surface area contributed by atoms with E-state index in [1.807, 2.05) is 6.07 Å². The number of ketones is 1. The number of rotatable bonds is 5. The van der Waals surface area contributed by atoms with E-state index >= 15 is 0 Å². The standard InChI is InChI=1S/C23H19NO5/c1-28-17-11-9-15(10-12-17)20-19(21(25)16-6-3-2-4-7-16)22(26)23(27)24(20)14-18-8-5-13-29-18/h2-13,20,25H,14H2,1H3/b21-19-. The van der Waals surface area contributed by atoms with Gasteiger partial charge in [0.15, 0.2) is 0 Å². The molecule has 1 N–H and O–H groups in total. The molecule has 0 aliphatic carbocycles. The fraction of sp³-hybridized carbons (Fsp3) is 0.130. The van der Waals surface area contributed by atoms with Gasteiger partial charge in [0, 0.05) is 5.56 Å². The predicted molar refractivity (Wildman–Crippen MR) is 106 cm³/mol. The maximum atomic E-state index is 12.9. The Bertz CT molecular complexity index is 1050. The Morgan fingerprint density at radius 3 is 2.38 bits per heavy atom. The SMILES string of the molecule is COc1ccc(C2/C(=C(/O)c3ccccc3)C(=O)C(=O)N2Cc2ccco2)cc1. The first-order valence-electron chi connectivity index (χ1n) is 9.10. The molecule has 6 heteroatoms. The zero-order valence-corrected chi connectivity index (χ0v) is 15.7. The lowest BCUT2D eigenvalue weighted by atomic mass is 9.95.